The molecule has 0 aliphatic carbocycles. The zero-order chi connectivity index (χ0) is 13.9. The molecule has 0 amide bonds. The number of ether oxygens (including phenoxy) is 1. The minimum absolute atomic E-state index is 0.0510. The van der Waals surface area contributed by atoms with Gasteiger partial charge in [0.15, 0.2) is 0 Å². The molecule has 2 rings (SSSR count). The highest BCUT2D eigenvalue weighted by molar-refractivity contribution is 7.98. The lowest BCUT2D eigenvalue weighted by Crippen LogP contribution is -2.25. The van der Waals surface area contributed by atoms with Crippen LogP contribution in [-0.4, -0.2) is 24.2 Å². The number of hydrogen-bond acceptors (Lipinski definition) is 3. The average molecular weight is 279 g/mol. The molecule has 0 spiro atoms. The summed E-state index contributed by atoms with van der Waals surface area (Å²) in [6, 6.07) is 6.50. The molecule has 1 atom stereocenters. The number of para-hydroxylation sites is 1. The second-order valence-corrected chi connectivity index (χ2v) is 7.05. The first-order valence-corrected chi connectivity index (χ1v) is 8.40. The van der Waals surface area contributed by atoms with Gasteiger partial charge in [-0.3, -0.25) is 0 Å². The molecule has 0 saturated carbocycles. The van der Waals surface area contributed by atoms with Gasteiger partial charge in [-0.25, -0.2) is 0 Å². The zero-order valence-corrected chi connectivity index (χ0v) is 13.3. The second-order valence-electron chi connectivity index (χ2n) is 6.14. The van der Waals surface area contributed by atoms with Crippen molar-refractivity contribution in [2.24, 2.45) is 5.92 Å². The molecule has 1 aromatic carbocycles. The van der Waals surface area contributed by atoms with Crippen molar-refractivity contribution in [3.63, 3.8) is 0 Å². The largest absolute Gasteiger partial charge is 0.487 e. The lowest BCUT2D eigenvalue weighted by molar-refractivity contribution is 0.137. The highest BCUT2D eigenvalue weighted by Crippen LogP contribution is 2.37. The SMILES string of the molecule is CSCC(C)CNCc1cccc2c1OC(C)(C)C2. The zero-order valence-electron chi connectivity index (χ0n) is 12.5. The van der Waals surface area contributed by atoms with E-state index in [1.807, 2.05) is 11.8 Å². The number of nitrogens with one attached hydrogen (secondary N) is 1. The van der Waals surface area contributed by atoms with Crippen LogP contribution in [0.15, 0.2) is 18.2 Å². The summed E-state index contributed by atoms with van der Waals surface area (Å²) in [4.78, 5) is 0. The Bertz CT molecular complexity index is 431. The van der Waals surface area contributed by atoms with Crippen molar-refractivity contribution < 1.29 is 4.74 Å². The van der Waals surface area contributed by atoms with Crippen molar-refractivity contribution in [1.82, 2.24) is 5.32 Å². The first kappa shape index (κ1) is 14.7. The van der Waals surface area contributed by atoms with Crippen LogP contribution < -0.4 is 10.1 Å². The monoisotopic (exact) mass is 279 g/mol. The van der Waals surface area contributed by atoms with E-state index in [4.69, 9.17) is 4.74 Å². The van der Waals surface area contributed by atoms with Gasteiger partial charge in [0.1, 0.15) is 11.4 Å². The summed E-state index contributed by atoms with van der Waals surface area (Å²) in [5.41, 5.74) is 2.59. The van der Waals surface area contributed by atoms with Crippen LogP contribution in [0.2, 0.25) is 0 Å². The Kier molecular flexibility index (Phi) is 4.80. The molecule has 1 aliphatic heterocycles. The maximum Gasteiger partial charge on any atom is 0.127 e. The average Bonchev–Trinajstić information content (AvgIpc) is 2.64. The van der Waals surface area contributed by atoms with E-state index in [0.29, 0.717) is 5.92 Å². The van der Waals surface area contributed by atoms with Crippen molar-refractivity contribution in [2.75, 3.05) is 18.6 Å². The maximum absolute atomic E-state index is 6.09. The molecule has 1 N–H and O–H groups in total. The molecule has 0 bridgehead atoms. The van der Waals surface area contributed by atoms with Crippen LogP contribution in [0.3, 0.4) is 0 Å². The molecule has 0 saturated heterocycles. The Hall–Kier alpha value is -0.670. The predicted molar refractivity (Wildman–Crippen MR) is 84.1 cm³/mol. The molecule has 1 aliphatic rings. The summed E-state index contributed by atoms with van der Waals surface area (Å²) in [7, 11) is 0. The van der Waals surface area contributed by atoms with E-state index in [-0.39, 0.29) is 5.60 Å². The van der Waals surface area contributed by atoms with Crippen molar-refractivity contribution in [1.29, 1.82) is 0 Å². The summed E-state index contributed by atoms with van der Waals surface area (Å²) in [5.74, 6) is 3.03. The quantitative estimate of drug-likeness (QED) is 0.861. The third-order valence-electron chi connectivity index (χ3n) is 3.43. The van der Waals surface area contributed by atoms with Crippen LogP contribution in [0.1, 0.15) is 31.9 Å². The van der Waals surface area contributed by atoms with Gasteiger partial charge in [-0.1, -0.05) is 25.1 Å². The highest BCUT2D eigenvalue weighted by atomic mass is 32.2. The first-order valence-electron chi connectivity index (χ1n) is 7.01. The van der Waals surface area contributed by atoms with Crippen molar-refractivity contribution in [2.45, 2.75) is 39.3 Å². The van der Waals surface area contributed by atoms with Gasteiger partial charge in [-0.2, -0.15) is 11.8 Å². The number of fused-ring (bicyclic) bond motifs is 1. The smallest absolute Gasteiger partial charge is 0.127 e. The number of rotatable bonds is 6. The highest BCUT2D eigenvalue weighted by Gasteiger charge is 2.31. The van der Waals surface area contributed by atoms with Crippen LogP contribution in [0.4, 0.5) is 0 Å². The van der Waals surface area contributed by atoms with Gasteiger partial charge in [0.2, 0.25) is 0 Å². The number of hydrogen-bond donors (Lipinski definition) is 1. The van der Waals surface area contributed by atoms with Crippen molar-refractivity contribution in [3.8, 4) is 5.75 Å². The molecule has 2 nitrogen and oxygen atoms in total. The maximum atomic E-state index is 6.09. The molecule has 106 valence electrons. The summed E-state index contributed by atoms with van der Waals surface area (Å²) < 4.78 is 6.09. The van der Waals surface area contributed by atoms with Crippen LogP contribution in [0.25, 0.3) is 0 Å². The van der Waals surface area contributed by atoms with Gasteiger partial charge in [-0.05, 0) is 43.9 Å². The van der Waals surface area contributed by atoms with E-state index in [1.165, 1.54) is 16.9 Å². The van der Waals surface area contributed by atoms with Crippen LogP contribution >= 0.6 is 11.8 Å². The molecule has 1 heterocycles. The van der Waals surface area contributed by atoms with Gasteiger partial charge in [0.05, 0.1) is 0 Å². The topological polar surface area (TPSA) is 21.3 Å². The summed E-state index contributed by atoms with van der Waals surface area (Å²) in [6.07, 6.45) is 3.18. The van der Waals surface area contributed by atoms with E-state index in [1.54, 1.807) is 0 Å². The Balaban J connectivity index is 1.94. The van der Waals surface area contributed by atoms with E-state index in [2.05, 4.69) is 50.5 Å². The lowest BCUT2D eigenvalue weighted by atomic mass is 10.0. The summed E-state index contributed by atoms with van der Waals surface area (Å²) in [6.45, 7) is 8.57. The minimum atomic E-state index is -0.0510. The third kappa shape index (κ3) is 3.90. The fourth-order valence-corrected chi connectivity index (χ4v) is 3.30. The number of thioether (sulfide) groups is 1. The predicted octanol–water partition coefficient (Wildman–Crippen LogP) is 3.49. The van der Waals surface area contributed by atoms with Gasteiger partial charge in [0.25, 0.3) is 0 Å². The van der Waals surface area contributed by atoms with E-state index in [0.717, 1.165) is 25.3 Å². The van der Waals surface area contributed by atoms with Crippen molar-refractivity contribution >= 4 is 11.8 Å². The van der Waals surface area contributed by atoms with Gasteiger partial charge >= 0.3 is 0 Å². The molecular formula is C16H25NOS. The molecule has 1 unspecified atom stereocenters. The fraction of sp³-hybridized carbons (Fsp3) is 0.625. The van der Waals surface area contributed by atoms with Crippen LogP contribution in [0.5, 0.6) is 5.75 Å². The van der Waals surface area contributed by atoms with Gasteiger partial charge in [0, 0.05) is 18.5 Å². The molecule has 0 radical (unpaired) electrons. The van der Waals surface area contributed by atoms with Gasteiger partial charge in [-0.15, -0.1) is 0 Å². The van der Waals surface area contributed by atoms with E-state index in [9.17, 15) is 0 Å². The third-order valence-corrected chi connectivity index (χ3v) is 4.33. The summed E-state index contributed by atoms with van der Waals surface area (Å²) >= 11 is 1.91. The standard InChI is InChI=1S/C16H25NOS/c1-12(11-19-4)9-17-10-14-7-5-6-13-8-16(2,3)18-15(13)14/h5-7,12,17H,8-11H2,1-4H3. The summed E-state index contributed by atoms with van der Waals surface area (Å²) in [5, 5.41) is 3.55. The van der Waals surface area contributed by atoms with E-state index < -0.39 is 0 Å². The fourth-order valence-electron chi connectivity index (χ4n) is 2.62. The molecule has 1 aromatic rings. The first-order chi connectivity index (χ1) is 9.02. The molecule has 19 heavy (non-hydrogen) atoms. The van der Waals surface area contributed by atoms with Gasteiger partial charge < -0.3 is 10.1 Å². The Morgan fingerprint density at radius 3 is 2.95 bits per heavy atom. The van der Waals surface area contributed by atoms with E-state index >= 15 is 0 Å². The number of benzene rings is 1. The van der Waals surface area contributed by atoms with Crippen LogP contribution in [0, 0.1) is 5.92 Å². The second kappa shape index (κ2) is 6.19. The lowest BCUT2D eigenvalue weighted by Gasteiger charge is -2.18. The van der Waals surface area contributed by atoms with Crippen molar-refractivity contribution in [3.05, 3.63) is 29.3 Å². The minimum Gasteiger partial charge on any atom is -0.487 e. The Labute approximate surface area is 121 Å². The molecule has 0 aromatic heterocycles. The normalized spacial score (nSPS) is 17.9. The molecule has 0 fully saturated rings. The van der Waals surface area contributed by atoms with Crippen LogP contribution in [-0.2, 0) is 13.0 Å². The Morgan fingerprint density at radius 1 is 1.42 bits per heavy atom. The molecule has 3 heteroatoms. The Morgan fingerprint density at radius 2 is 2.21 bits per heavy atom. The molecular weight excluding hydrogens is 254 g/mol.